The fraction of sp³-hybridized carbons (Fsp3) is 0.500. The normalized spacial score (nSPS) is 11.1. The summed E-state index contributed by atoms with van der Waals surface area (Å²) >= 11 is 0. The molecule has 2 heteroatoms. The van der Waals surface area contributed by atoms with Crippen molar-refractivity contribution in [2.45, 2.75) is 39.0 Å². The molecule has 0 saturated carbocycles. The van der Waals surface area contributed by atoms with Crippen molar-refractivity contribution in [3.05, 3.63) is 37.0 Å². The van der Waals surface area contributed by atoms with Crippen LogP contribution in [-0.4, -0.2) is 12.6 Å². The van der Waals surface area contributed by atoms with E-state index in [1.807, 2.05) is 12.2 Å². The van der Waals surface area contributed by atoms with Gasteiger partial charge in [0.2, 0.25) is 0 Å². The molecule has 0 aliphatic heterocycles. The number of carbonyl (C=O) groups excluding carboxylic acids is 1. The van der Waals surface area contributed by atoms with Crippen molar-refractivity contribution in [3.63, 3.8) is 0 Å². The van der Waals surface area contributed by atoms with E-state index in [-0.39, 0.29) is 5.97 Å². The first-order valence-corrected chi connectivity index (χ1v) is 5.92. The van der Waals surface area contributed by atoms with Gasteiger partial charge in [-0.3, -0.25) is 0 Å². The molecular formula is C14H22O2. The second kappa shape index (κ2) is 11.8. The van der Waals surface area contributed by atoms with E-state index in [1.165, 1.54) is 6.08 Å². The van der Waals surface area contributed by atoms with Gasteiger partial charge in [-0.15, -0.1) is 0 Å². The highest BCUT2D eigenvalue weighted by atomic mass is 16.5. The highest BCUT2D eigenvalue weighted by molar-refractivity contribution is 5.81. The number of allylic oxidation sites excluding steroid dienone is 4. The average molecular weight is 222 g/mol. The maximum absolute atomic E-state index is 11.1. The molecule has 0 spiro atoms. The molecule has 0 N–H and O–H groups in total. The average Bonchev–Trinajstić information content (AvgIpc) is 2.28. The lowest BCUT2D eigenvalue weighted by Crippen LogP contribution is -2.01. The standard InChI is InChI=1S/C14H22O2/c1-3-5-7-8-9-10-11-12-14(15)16-13-6-4-2/h3,5,7,11-12H,1,4,6,8-10,13H2,2H3/b7-5+,12-11?. The predicted molar refractivity (Wildman–Crippen MR) is 68.2 cm³/mol. The Morgan fingerprint density at radius 1 is 1.25 bits per heavy atom. The van der Waals surface area contributed by atoms with Crippen molar-refractivity contribution in [3.8, 4) is 0 Å². The summed E-state index contributed by atoms with van der Waals surface area (Å²) in [7, 11) is 0. The van der Waals surface area contributed by atoms with Gasteiger partial charge in [0.15, 0.2) is 0 Å². The minimum atomic E-state index is -0.227. The summed E-state index contributed by atoms with van der Waals surface area (Å²) in [6.45, 7) is 6.19. The zero-order valence-electron chi connectivity index (χ0n) is 10.2. The summed E-state index contributed by atoms with van der Waals surface area (Å²) in [4.78, 5) is 11.1. The molecule has 0 aromatic heterocycles. The van der Waals surface area contributed by atoms with Gasteiger partial charge in [0.05, 0.1) is 6.61 Å². The zero-order valence-corrected chi connectivity index (χ0v) is 10.2. The predicted octanol–water partition coefficient (Wildman–Crippen LogP) is 3.80. The monoisotopic (exact) mass is 222 g/mol. The number of ether oxygens (including phenoxy) is 1. The van der Waals surface area contributed by atoms with E-state index in [0.29, 0.717) is 6.61 Å². The Bertz CT molecular complexity index is 239. The Morgan fingerprint density at radius 3 is 2.69 bits per heavy atom. The lowest BCUT2D eigenvalue weighted by molar-refractivity contribution is -0.137. The third-order valence-corrected chi connectivity index (χ3v) is 2.01. The quantitative estimate of drug-likeness (QED) is 0.257. The zero-order chi connectivity index (χ0) is 12.1. The van der Waals surface area contributed by atoms with E-state index < -0.39 is 0 Å². The Labute approximate surface area is 98.7 Å². The highest BCUT2D eigenvalue weighted by Crippen LogP contribution is 1.98. The molecule has 0 aromatic carbocycles. The summed E-state index contributed by atoms with van der Waals surface area (Å²) in [5.41, 5.74) is 0. The van der Waals surface area contributed by atoms with E-state index in [9.17, 15) is 4.79 Å². The van der Waals surface area contributed by atoms with Crippen molar-refractivity contribution in [2.24, 2.45) is 0 Å². The summed E-state index contributed by atoms with van der Waals surface area (Å²) < 4.78 is 4.97. The molecule has 0 aliphatic carbocycles. The van der Waals surface area contributed by atoms with Gasteiger partial charge in [0.25, 0.3) is 0 Å². The van der Waals surface area contributed by atoms with Crippen molar-refractivity contribution in [1.29, 1.82) is 0 Å². The molecule has 0 bridgehead atoms. The van der Waals surface area contributed by atoms with Crippen LogP contribution in [-0.2, 0) is 9.53 Å². The summed E-state index contributed by atoms with van der Waals surface area (Å²) in [5.74, 6) is -0.227. The van der Waals surface area contributed by atoms with Crippen molar-refractivity contribution < 1.29 is 9.53 Å². The third kappa shape index (κ3) is 10.8. The van der Waals surface area contributed by atoms with Crippen LogP contribution in [0, 0.1) is 0 Å². The van der Waals surface area contributed by atoms with Gasteiger partial charge < -0.3 is 4.74 Å². The fourth-order valence-corrected chi connectivity index (χ4v) is 1.09. The van der Waals surface area contributed by atoms with Gasteiger partial charge in [-0.2, -0.15) is 0 Å². The molecule has 16 heavy (non-hydrogen) atoms. The minimum Gasteiger partial charge on any atom is -0.463 e. The summed E-state index contributed by atoms with van der Waals surface area (Å²) in [6, 6.07) is 0. The summed E-state index contributed by atoms with van der Waals surface area (Å²) in [6.07, 6.45) is 14.1. The summed E-state index contributed by atoms with van der Waals surface area (Å²) in [5, 5.41) is 0. The molecule has 0 amide bonds. The van der Waals surface area contributed by atoms with Crippen LogP contribution in [0.5, 0.6) is 0 Å². The van der Waals surface area contributed by atoms with Crippen LogP contribution in [0.25, 0.3) is 0 Å². The van der Waals surface area contributed by atoms with Gasteiger partial charge in [-0.05, 0) is 25.7 Å². The van der Waals surface area contributed by atoms with Gasteiger partial charge in [0, 0.05) is 6.08 Å². The van der Waals surface area contributed by atoms with Gasteiger partial charge >= 0.3 is 5.97 Å². The van der Waals surface area contributed by atoms with E-state index in [1.54, 1.807) is 6.08 Å². The largest absolute Gasteiger partial charge is 0.463 e. The van der Waals surface area contributed by atoms with Crippen LogP contribution in [0.3, 0.4) is 0 Å². The Kier molecular flexibility index (Phi) is 10.8. The molecule has 0 radical (unpaired) electrons. The smallest absolute Gasteiger partial charge is 0.330 e. The molecule has 0 atom stereocenters. The van der Waals surface area contributed by atoms with Crippen LogP contribution >= 0.6 is 0 Å². The van der Waals surface area contributed by atoms with Crippen molar-refractivity contribution >= 4 is 5.97 Å². The Morgan fingerprint density at radius 2 is 2.00 bits per heavy atom. The second-order valence-corrected chi connectivity index (χ2v) is 3.52. The molecule has 0 unspecified atom stereocenters. The third-order valence-electron chi connectivity index (χ3n) is 2.01. The number of rotatable bonds is 9. The van der Waals surface area contributed by atoms with E-state index in [0.717, 1.165) is 32.1 Å². The lowest BCUT2D eigenvalue weighted by Gasteiger charge is -1.98. The fourth-order valence-electron chi connectivity index (χ4n) is 1.09. The number of unbranched alkanes of at least 4 members (excludes halogenated alkanes) is 3. The van der Waals surface area contributed by atoms with Crippen LogP contribution in [0.4, 0.5) is 0 Å². The SMILES string of the molecule is C=C/C=C/CCCC=CC(=O)OCCCC. The van der Waals surface area contributed by atoms with Gasteiger partial charge in [-0.25, -0.2) is 4.79 Å². The molecule has 0 fully saturated rings. The van der Waals surface area contributed by atoms with Crippen molar-refractivity contribution in [2.75, 3.05) is 6.61 Å². The lowest BCUT2D eigenvalue weighted by atomic mass is 10.2. The number of carbonyl (C=O) groups is 1. The number of hydrogen-bond acceptors (Lipinski definition) is 2. The molecule has 0 saturated heterocycles. The Hall–Kier alpha value is -1.31. The second-order valence-electron chi connectivity index (χ2n) is 3.52. The molecular weight excluding hydrogens is 200 g/mol. The van der Waals surface area contributed by atoms with Crippen LogP contribution < -0.4 is 0 Å². The highest BCUT2D eigenvalue weighted by Gasteiger charge is 1.94. The molecule has 2 nitrogen and oxygen atoms in total. The molecule has 90 valence electrons. The van der Waals surface area contributed by atoms with E-state index >= 15 is 0 Å². The topological polar surface area (TPSA) is 26.3 Å². The number of hydrogen-bond donors (Lipinski definition) is 0. The molecule has 0 rings (SSSR count). The molecule has 0 aliphatic rings. The van der Waals surface area contributed by atoms with Gasteiger partial charge in [-0.1, -0.05) is 44.2 Å². The van der Waals surface area contributed by atoms with Crippen LogP contribution in [0.2, 0.25) is 0 Å². The molecule has 0 aromatic rings. The first-order chi connectivity index (χ1) is 7.81. The molecule has 0 heterocycles. The number of esters is 1. The van der Waals surface area contributed by atoms with Crippen LogP contribution in [0.1, 0.15) is 39.0 Å². The first-order valence-electron chi connectivity index (χ1n) is 5.92. The van der Waals surface area contributed by atoms with Gasteiger partial charge in [0.1, 0.15) is 0 Å². The first kappa shape index (κ1) is 14.7. The van der Waals surface area contributed by atoms with Crippen LogP contribution in [0.15, 0.2) is 37.0 Å². The Balaban J connectivity index is 3.41. The van der Waals surface area contributed by atoms with Crippen molar-refractivity contribution in [1.82, 2.24) is 0 Å². The maximum Gasteiger partial charge on any atom is 0.330 e. The minimum absolute atomic E-state index is 0.227. The maximum atomic E-state index is 11.1. The van der Waals surface area contributed by atoms with E-state index in [4.69, 9.17) is 4.74 Å². The van der Waals surface area contributed by atoms with E-state index in [2.05, 4.69) is 19.6 Å².